The molecule has 1 heterocycles. The second kappa shape index (κ2) is 7.19. The molecule has 1 saturated heterocycles. The summed E-state index contributed by atoms with van der Waals surface area (Å²) in [5.41, 5.74) is 1.15. The molecule has 0 bridgehead atoms. The zero-order chi connectivity index (χ0) is 12.3. The predicted octanol–water partition coefficient (Wildman–Crippen LogP) is 2.73. The molecule has 1 fully saturated rings. The lowest BCUT2D eigenvalue weighted by atomic mass is 10.1. The van der Waals surface area contributed by atoms with Gasteiger partial charge in [-0.05, 0) is 25.0 Å². The Hall–Kier alpha value is -0.480. The first kappa shape index (κ1) is 15.6. The standard InChI is InChI=1S/C13H18ClNO2.ClH/c1-17-13-8-11(14)3-2-10(13)9-15-6-4-12(16)5-7-15;/h2-3,8,12,16H,4-7,9H2,1H3;1H. The molecular formula is C13H19Cl2NO2. The van der Waals surface area contributed by atoms with E-state index in [1.807, 2.05) is 18.2 Å². The number of piperidine rings is 1. The van der Waals surface area contributed by atoms with Gasteiger partial charge in [0.15, 0.2) is 0 Å². The number of methoxy groups -OCH3 is 1. The monoisotopic (exact) mass is 291 g/mol. The molecule has 1 aliphatic rings. The lowest BCUT2D eigenvalue weighted by molar-refractivity contribution is 0.0789. The maximum atomic E-state index is 9.46. The summed E-state index contributed by atoms with van der Waals surface area (Å²) in [4.78, 5) is 2.33. The van der Waals surface area contributed by atoms with E-state index < -0.39 is 0 Å². The van der Waals surface area contributed by atoms with Gasteiger partial charge in [0.1, 0.15) is 5.75 Å². The number of hydrogen-bond donors (Lipinski definition) is 1. The number of benzene rings is 1. The largest absolute Gasteiger partial charge is 0.496 e. The highest BCUT2D eigenvalue weighted by molar-refractivity contribution is 6.30. The van der Waals surface area contributed by atoms with Gasteiger partial charge in [-0.25, -0.2) is 0 Å². The van der Waals surface area contributed by atoms with E-state index in [-0.39, 0.29) is 18.5 Å². The van der Waals surface area contributed by atoms with Crippen molar-refractivity contribution in [3.8, 4) is 5.75 Å². The van der Waals surface area contributed by atoms with Crippen LogP contribution in [0.25, 0.3) is 0 Å². The van der Waals surface area contributed by atoms with Gasteiger partial charge < -0.3 is 9.84 Å². The fraction of sp³-hybridized carbons (Fsp3) is 0.538. The molecule has 0 amide bonds. The van der Waals surface area contributed by atoms with Crippen LogP contribution in [0.5, 0.6) is 5.75 Å². The van der Waals surface area contributed by atoms with Crippen LogP contribution in [-0.2, 0) is 6.54 Å². The first-order valence-electron chi connectivity index (χ1n) is 5.92. The molecule has 1 aromatic rings. The summed E-state index contributed by atoms with van der Waals surface area (Å²) in [7, 11) is 1.66. The fourth-order valence-corrected chi connectivity index (χ4v) is 2.33. The molecule has 1 N–H and O–H groups in total. The van der Waals surface area contributed by atoms with Crippen molar-refractivity contribution in [2.75, 3.05) is 20.2 Å². The number of ether oxygens (including phenoxy) is 1. The molecule has 0 atom stereocenters. The Morgan fingerprint density at radius 3 is 2.67 bits per heavy atom. The summed E-state index contributed by atoms with van der Waals surface area (Å²) in [6.07, 6.45) is 1.59. The van der Waals surface area contributed by atoms with E-state index in [0.29, 0.717) is 5.02 Å². The number of rotatable bonds is 3. The van der Waals surface area contributed by atoms with Crippen molar-refractivity contribution in [3.63, 3.8) is 0 Å². The molecule has 0 spiro atoms. The summed E-state index contributed by atoms with van der Waals surface area (Å²) >= 11 is 5.93. The summed E-state index contributed by atoms with van der Waals surface area (Å²) in [5.74, 6) is 0.837. The van der Waals surface area contributed by atoms with Gasteiger partial charge in [-0.15, -0.1) is 12.4 Å². The Bertz CT molecular complexity index is 379. The molecule has 2 rings (SSSR count). The van der Waals surface area contributed by atoms with E-state index in [1.54, 1.807) is 7.11 Å². The minimum atomic E-state index is -0.127. The van der Waals surface area contributed by atoms with Crippen molar-refractivity contribution < 1.29 is 9.84 Å². The quantitative estimate of drug-likeness (QED) is 0.930. The SMILES string of the molecule is COc1cc(Cl)ccc1CN1CCC(O)CC1.Cl. The van der Waals surface area contributed by atoms with Crippen LogP contribution < -0.4 is 4.74 Å². The Labute approximate surface area is 119 Å². The van der Waals surface area contributed by atoms with Crippen LogP contribution in [0.3, 0.4) is 0 Å². The number of aliphatic hydroxyl groups is 1. The van der Waals surface area contributed by atoms with E-state index in [4.69, 9.17) is 16.3 Å². The van der Waals surface area contributed by atoms with E-state index >= 15 is 0 Å². The second-order valence-electron chi connectivity index (χ2n) is 4.46. The molecule has 0 aromatic heterocycles. The molecule has 3 nitrogen and oxygen atoms in total. The van der Waals surface area contributed by atoms with Crippen LogP contribution in [-0.4, -0.2) is 36.3 Å². The highest BCUT2D eigenvalue weighted by atomic mass is 35.5. The van der Waals surface area contributed by atoms with E-state index in [1.165, 1.54) is 0 Å². The van der Waals surface area contributed by atoms with Crippen LogP contribution in [0.4, 0.5) is 0 Å². The minimum Gasteiger partial charge on any atom is -0.496 e. The van der Waals surface area contributed by atoms with Crippen molar-refractivity contribution in [1.82, 2.24) is 4.90 Å². The maximum Gasteiger partial charge on any atom is 0.124 e. The Morgan fingerprint density at radius 1 is 1.39 bits per heavy atom. The van der Waals surface area contributed by atoms with Crippen molar-refractivity contribution in [2.45, 2.75) is 25.5 Å². The summed E-state index contributed by atoms with van der Waals surface area (Å²) in [6, 6.07) is 5.74. The Kier molecular flexibility index (Phi) is 6.22. The van der Waals surface area contributed by atoms with Gasteiger partial charge in [0.2, 0.25) is 0 Å². The number of halogens is 2. The van der Waals surface area contributed by atoms with Gasteiger partial charge >= 0.3 is 0 Å². The molecule has 5 heteroatoms. The van der Waals surface area contributed by atoms with Gasteiger partial charge in [-0.2, -0.15) is 0 Å². The summed E-state index contributed by atoms with van der Waals surface area (Å²) < 4.78 is 5.33. The van der Waals surface area contributed by atoms with Crippen molar-refractivity contribution >= 4 is 24.0 Å². The van der Waals surface area contributed by atoms with Crippen LogP contribution >= 0.6 is 24.0 Å². The average Bonchev–Trinajstić information content (AvgIpc) is 2.34. The molecule has 0 unspecified atom stereocenters. The van der Waals surface area contributed by atoms with Gasteiger partial charge in [0.05, 0.1) is 13.2 Å². The Morgan fingerprint density at radius 2 is 2.06 bits per heavy atom. The highest BCUT2D eigenvalue weighted by Gasteiger charge is 2.18. The third-order valence-electron chi connectivity index (χ3n) is 3.20. The van der Waals surface area contributed by atoms with E-state index in [2.05, 4.69) is 4.90 Å². The molecule has 0 saturated carbocycles. The number of nitrogens with zero attached hydrogens (tertiary/aromatic N) is 1. The van der Waals surface area contributed by atoms with Crippen molar-refractivity contribution in [1.29, 1.82) is 0 Å². The van der Waals surface area contributed by atoms with Crippen LogP contribution in [0.15, 0.2) is 18.2 Å². The van der Waals surface area contributed by atoms with E-state index in [0.717, 1.165) is 43.8 Å². The molecular weight excluding hydrogens is 273 g/mol. The smallest absolute Gasteiger partial charge is 0.124 e. The Balaban J connectivity index is 0.00000162. The number of likely N-dealkylation sites (tertiary alicyclic amines) is 1. The summed E-state index contributed by atoms with van der Waals surface area (Å²) in [5, 5.41) is 10.2. The van der Waals surface area contributed by atoms with Crippen LogP contribution in [0.1, 0.15) is 18.4 Å². The fourth-order valence-electron chi connectivity index (χ4n) is 2.17. The van der Waals surface area contributed by atoms with Gasteiger partial charge in [-0.3, -0.25) is 4.90 Å². The minimum absolute atomic E-state index is 0. The zero-order valence-electron chi connectivity index (χ0n) is 10.4. The maximum absolute atomic E-state index is 9.46. The number of aliphatic hydroxyl groups excluding tert-OH is 1. The molecule has 1 aromatic carbocycles. The highest BCUT2D eigenvalue weighted by Crippen LogP contribution is 2.25. The second-order valence-corrected chi connectivity index (χ2v) is 4.90. The molecule has 0 aliphatic carbocycles. The topological polar surface area (TPSA) is 32.7 Å². The molecule has 102 valence electrons. The van der Waals surface area contributed by atoms with Crippen molar-refractivity contribution in [2.24, 2.45) is 0 Å². The molecule has 0 radical (unpaired) electrons. The third kappa shape index (κ3) is 4.02. The average molecular weight is 292 g/mol. The van der Waals surface area contributed by atoms with Gasteiger partial charge in [0, 0.05) is 30.2 Å². The molecule has 18 heavy (non-hydrogen) atoms. The lowest BCUT2D eigenvalue weighted by Gasteiger charge is -2.29. The summed E-state index contributed by atoms with van der Waals surface area (Å²) in [6.45, 7) is 2.73. The van der Waals surface area contributed by atoms with Crippen molar-refractivity contribution in [3.05, 3.63) is 28.8 Å². The molecule has 1 aliphatic heterocycles. The number of hydrogen-bond acceptors (Lipinski definition) is 3. The van der Waals surface area contributed by atoms with E-state index in [9.17, 15) is 5.11 Å². The van der Waals surface area contributed by atoms with Crippen LogP contribution in [0, 0.1) is 0 Å². The zero-order valence-corrected chi connectivity index (χ0v) is 12.0. The predicted molar refractivity (Wildman–Crippen MR) is 75.8 cm³/mol. The normalized spacial score (nSPS) is 17.3. The van der Waals surface area contributed by atoms with Gasteiger partial charge in [-0.1, -0.05) is 17.7 Å². The lowest BCUT2D eigenvalue weighted by Crippen LogP contribution is -2.35. The van der Waals surface area contributed by atoms with Gasteiger partial charge in [0.25, 0.3) is 0 Å². The third-order valence-corrected chi connectivity index (χ3v) is 3.44. The van der Waals surface area contributed by atoms with Crippen LogP contribution in [0.2, 0.25) is 5.02 Å². The first-order valence-corrected chi connectivity index (χ1v) is 6.29. The first-order chi connectivity index (χ1) is 8.19.